The minimum Gasteiger partial charge on any atom is -0.507 e. The molecule has 0 spiro atoms. The zero-order chi connectivity index (χ0) is 18.5. The summed E-state index contributed by atoms with van der Waals surface area (Å²) in [7, 11) is 0. The minimum absolute atomic E-state index is 0.00706. The summed E-state index contributed by atoms with van der Waals surface area (Å²) in [6.07, 6.45) is 0. The number of carbonyl (C=O) groups excluding carboxylic acids is 1. The van der Waals surface area contributed by atoms with Crippen LogP contribution in [0.25, 0.3) is 16.7 Å². The van der Waals surface area contributed by atoms with Gasteiger partial charge in [0.05, 0.1) is 11.0 Å². The Kier molecular flexibility index (Phi) is 5.28. The molecule has 4 N–H and O–H groups in total. The van der Waals surface area contributed by atoms with E-state index >= 15 is 0 Å². The van der Waals surface area contributed by atoms with Crippen molar-refractivity contribution in [1.29, 1.82) is 0 Å². The maximum atomic E-state index is 11.7. The number of halogens is 1. The number of aromatic nitrogens is 2. The van der Waals surface area contributed by atoms with Crippen LogP contribution in [0.3, 0.4) is 0 Å². The second-order valence-corrected chi connectivity index (χ2v) is 5.80. The van der Waals surface area contributed by atoms with Gasteiger partial charge in [0, 0.05) is 5.02 Å². The van der Waals surface area contributed by atoms with Crippen molar-refractivity contribution in [3.8, 4) is 5.75 Å². The summed E-state index contributed by atoms with van der Waals surface area (Å²) < 4.78 is 10.2. The third-order valence-corrected chi connectivity index (χ3v) is 3.75. The van der Waals surface area contributed by atoms with Gasteiger partial charge in [-0.1, -0.05) is 23.7 Å². The van der Waals surface area contributed by atoms with Crippen LogP contribution in [0.2, 0.25) is 5.02 Å². The molecule has 3 rings (SSSR count). The number of rotatable bonds is 6. The average molecular weight is 374 g/mol. The topological polar surface area (TPSA) is 110 Å². The van der Waals surface area contributed by atoms with E-state index in [0.29, 0.717) is 22.1 Å². The number of aliphatic hydroxyl groups is 1. The predicted molar refractivity (Wildman–Crippen MR) is 97.7 cm³/mol. The van der Waals surface area contributed by atoms with Gasteiger partial charge in [-0.15, -0.1) is 0 Å². The minimum atomic E-state index is -0.649. The number of para-hydroxylation sites is 2. The van der Waals surface area contributed by atoms with Crippen LogP contribution < -0.4 is 10.5 Å². The van der Waals surface area contributed by atoms with E-state index in [9.17, 15) is 9.90 Å². The first-order valence-electron chi connectivity index (χ1n) is 7.69. The lowest BCUT2D eigenvalue weighted by atomic mass is 10.3. The molecule has 1 heterocycles. The number of H-pyrrole nitrogens is 1. The van der Waals surface area contributed by atoms with E-state index in [1.54, 1.807) is 24.3 Å². The van der Waals surface area contributed by atoms with E-state index in [0.717, 1.165) is 5.52 Å². The van der Waals surface area contributed by atoms with Crippen LogP contribution >= 0.6 is 11.6 Å². The van der Waals surface area contributed by atoms with Gasteiger partial charge in [0.15, 0.2) is 24.8 Å². The number of benzene rings is 2. The number of nitrogens with zero attached hydrogens (tertiary/aromatic N) is 1. The summed E-state index contributed by atoms with van der Waals surface area (Å²) in [5.74, 6) is -0.169. The maximum absolute atomic E-state index is 11.7. The lowest BCUT2D eigenvalue weighted by Crippen LogP contribution is -2.17. The molecule has 0 saturated heterocycles. The fraction of sp³-hybridized carbons (Fsp3) is 0.111. The van der Waals surface area contributed by atoms with Gasteiger partial charge in [0.1, 0.15) is 11.4 Å². The Morgan fingerprint density at radius 2 is 1.88 bits per heavy atom. The van der Waals surface area contributed by atoms with E-state index < -0.39 is 5.97 Å². The normalized spacial score (nSPS) is 11.9. The molecule has 26 heavy (non-hydrogen) atoms. The Balaban J connectivity index is 1.56. The summed E-state index contributed by atoms with van der Waals surface area (Å²) in [6.45, 7) is -0.689. The van der Waals surface area contributed by atoms with Crippen LogP contribution in [0.1, 0.15) is 5.82 Å². The summed E-state index contributed by atoms with van der Waals surface area (Å²) in [5.41, 5.74) is 7.37. The summed E-state index contributed by atoms with van der Waals surface area (Å²) in [4.78, 5) is 19.0. The molecule has 7 nitrogen and oxygen atoms in total. The first-order chi connectivity index (χ1) is 12.5. The first kappa shape index (κ1) is 17.6. The molecule has 0 fully saturated rings. The molecule has 0 aliphatic rings. The zero-order valence-corrected chi connectivity index (χ0v) is 14.4. The van der Waals surface area contributed by atoms with Crippen LogP contribution in [0.4, 0.5) is 0 Å². The van der Waals surface area contributed by atoms with Crippen molar-refractivity contribution in [3.63, 3.8) is 0 Å². The summed E-state index contributed by atoms with van der Waals surface area (Å²) >= 11 is 5.77. The van der Waals surface area contributed by atoms with Gasteiger partial charge < -0.3 is 25.3 Å². The molecule has 0 unspecified atom stereocenters. The third-order valence-electron chi connectivity index (χ3n) is 3.50. The van der Waals surface area contributed by atoms with Crippen molar-refractivity contribution in [2.45, 2.75) is 0 Å². The van der Waals surface area contributed by atoms with Crippen LogP contribution in [0.15, 0.2) is 54.3 Å². The Labute approximate surface area is 154 Å². The Morgan fingerprint density at radius 3 is 2.62 bits per heavy atom. The number of esters is 1. The molecular formula is C18H16ClN3O4. The third kappa shape index (κ3) is 4.25. The largest absolute Gasteiger partial charge is 0.507 e. The van der Waals surface area contributed by atoms with Crippen LogP contribution in [0.5, 0.6) is 5.75 Å². The number of aliphatic hydroxyl groups excluding tert-OH is 1. The number of aromatic amines is 1. The fourth-order valence-corrected chi connectivity index (χ4v) is 2.28. The van der Waals surface area contributed by atoms with Crippen molar-refractivity contribution in [2.75, 3.05) is 13.2 Å². The molecule has 0 bridgehead atoms. The second-order valence-electron chi connectivity index (χ2n) is 5.37. The Bertz CT molecular complexity index is 917. The van der Waals surface area contributed by atoms with E-state index in [2.05, 4.69) is 9.97 Å². The van der Waals surface area contributed by atoms with Gasteiger partial charge in [0.2, 0.25) is 0 Å². The molecule has 1 aromatic heterocycles. The monoisotopic (exact) mass is 373 g/mol. The summed E-state index contributed by atoms with van der Waals surface area (Å²) in [6, 6.07) is 13.9. The fourth-order valence-electron chi connectivity index (χ4n) is 2.16. The molecule has 0 amide bonds. The number of ether oxygens (including phenoxy) is 2. The summed E-state index contributed by atoms with van der Waals surface area (Å²) in [5, 5.41) is 10.6. The lowest BCUT2D eigenvalue weighted by molar-refractivity contribution is -0.145. The highest BCUT2D eigenvalue weighted by Gasteiger charge is 2.12. The van der Waals surface area contributed by atoms with Crippen LogP contribution in [0, 0.1) is 0 Å². The molecule has 0 radical (unpaired) electrons. The van der Waals surface area contributed by atoms with Crippen molar-refractivity contribution < 1.29 is 19.4 Å². The van der Waals surface area contributed by atoms with Crippen molar-refractivity contribution in [2.24, 2.45) is 5.73 Å². The first-order valence-corrected chi connectivity index (χ1v) is 8.07. The highest BCUT2D eigenvalue weighted by Crippen LogP contribution is 2.16. The number of imidazole rings is 1. The molecule has 0 aliphatic carbocycles. The highest BCUT2D eigenvalue weighted by molar-refractivity contribution is 6.30. The lowest BCUT2D eigenvalue weighted by Gasteiger charge is -2.08. The Morgan fingerprint density at radius 1 is 1.15 bits per heavy atom. The number of hydrogen-bond donors (Lipinski definition) is 3. The van der Waals surface area contributed by atoms with Gasteiger partial charge in [0.25, 0.3) is 0 Å². The number of carbonyl (C=O) groups is 1. The quantitative estimate of drug-likeness (QED) is 0.452. The second kappa shape index (κ2) is 7.79. The van der Waals surface area contributed by atoms with Crippen molar-refractivity contribution >= 4 is 34.3 Å². The van der Waals surface area contributed by atoms with Crippen molar-refractivity contribution in [3.05, 3.63) is 65.1 Å². The number of fused-ring (bicyclic) bond motifs is 1. The molecule has 8 heteroatoms. The van der Waals surface area contributed by atoms with Crippen LogP contribution in [-0.2, 0) is 9.53 Å². The highest BCUT2D eigenvalue weighted by atomic mass is 35.5. The van der Waals surface area contributed by atoms with Crippen LogP contribution in [-0.4, -0.2) is 34.3 Å². The van der Waals surface area contributed by atoms with Gasteiger partial charge in [-0.05, 0) is 36.4 Å². The predicted octanol–water partition coefficient (Wildman–Crippen LogP) is 3.02. The molecular weight excluding hydrogens is 358 g/mol. The molecule has 2 aromatic carbocycles. The zero-order valence-electron chi connectivity index (χ0n) is 13.6. The van der Waals surface area contributed by atoms with E-state index in [-0.39, 0.29) is 24.7 Å². The van der Waals surface area contributed by atoms with Gasteiger partial charge in [-0.25, -0.2) is 9.78 Å². The Hall–Kier alpha value is -3.19. The number of hydrogen-bond acceptors (Lipinski definition) is 6. The van der Waals surface area contributed by atoms with Gasteiger partial charge in [-0.3, -0.25) is 0 Å². The molecule has 0 aliphatic heterocycles. The molecule has 0 atom stereocenters. The van der Waals surface area contributed by atoms with Gasteiger partial charge in [-0.2, -0.15) is 0 Å². The maximum Gasteiger partial charge on any atom is 0.344 e. The van der Waals surface area contributed by atoms with Crippen molar-refractivity contribution in [1.82, 2.24) is 9.97 Å². The molecule has 3 aromatic rings. The smallest absolute Gasteiger partial charge is 0.344 e. The standard InChI is InChI=1S/C18H16ClN3O4/c19-11-5-7-12(8-6-11)25-10-16(24)26-9-15(23)17(20)18-21-13-3-1-2-4-14(13)22-18/h1-8,23H,9-10,20H2,(H,21,22). The van der Waals surface area contributed by atoms with E-state index in [1.165, 1.54) is 0 Å². The van der Waals surface area contributed by atoms with E-state index in [4.69, 9.17) is 26.8 Å². The number of nitrogens with one attached hydrogen (secondary N) is 1. The SMILES string of the molecule is NC(=C(O)COC(=O)COc1ccc(Cl)cc1)c1nc2ccccc2[nH]1. The molecule has 134 valence electrons. The number of nitrogens with two attached hydrogens (primary N) is 1. The van der Waals surface area contributed by atoms with E-state index in [1.807, 2.05) is 24.3 Å². The average Bonchev–Trinajstić information content (AvgIpc) is 3.09. The van der Waals surface area contributed by atoms with Gasteiger partial charge >= 0.3 is 5.97 Å². The molecule has 0 saturated carbocycles.